The number of primary amides is 1. The molecule has 0 aromatic carbocycles. The summed E-state index contributed by atoms with van der Waals surface area (Å²) in [5, 5.41) is 3.23. The van der Waals surface area contributed by atoms with Crippen molar-refractivity contribution < 1.29 is 14.3 Å². The standard InChI is InChI=1S/C10H21N3O3/c1-10(8(11)14,9(15-2)16-3)13-6-4-12-5-7-13/h9,12H,4-7H2,1-3H3,(H2,11,14). The molecule has 0 saturated carbocycles. The first kappa shape index (κ1) is 13.4. The topological polar surface area (TPSA) is 76.8 Å². The molecule has 1 amide bonds. The van der Waals surface area contributed by atoms with Gasteiger partial charge in [0.05, 0.1) is 0 Å². The summed E-state index contributed by atoms with van der Waals surface area (Å²) < 4.78 is 10.4. The third kappa shape index (κ3) is 2.35. The molecule has 0 spiro atoms. The first-order chi connectivity index (χ1) is 7.57. The van der Waals surface area contributed by atoms with Crippen LogP contribution in [-0.2, 0) is 14.3 Å². The maximum Gasteiger partial charge on any atom is 0.242 e. The highest BCUT2D eigenvalue weighted by Crippen LogP contribution is 2.22. The van der Waals surface area contributed by atoms with Gasteiger partial charge in [0.2, 0.25) is 5.91 Å². The Hall–Kier alpha value is -0.690. The number of nitrogens with two attached hydrogens (primary N) is 1. The third-order valence-corrected chi connectivity index (χ3v) is 3.16. The Kier molecular flexibility index (Phi) is 4.67. The summed E-state index contributed by atoms with van der Waals surface area (Å²) in [7, 11) is 3.02. The van der Waals surface area contributed by atoms with Crippen molar-refractivity contribution in [2.75, 3.05) is 40.4 Å². The van der Waals surface area contributed by atoms with E-state index in [9.17, 15) is 4.79 Å². The average molecular weight is 231 g/mol. The number of piperazine rings is 1. The Morgan fingerprint density at radius 2 is 1.88 bits per heavy atom. The van der Waals surface area contributed by atoms with Gasteiger partial charge in [0.1, 0.15) is 5.54 Å². The van der Waals surface area contributed by atoms with E-state index < -0.39 is 17.7 Å². The monoisotopic (exact) mass is 231 g/mol. The minimum atomic E-state index is -0.925. The number of carbonyl (C=O) groups is 1. The number of nitrogens with one attached hydrogen (secondary N) is 1. The maximum atomic E-state index is 11.7. The van der Waals surface area contributed by atoms with E-state index in [4.69, 9.17) is 15.2 Å². The molecular weight excluding hydrogens is 210 g/mol. The predicted molar refractivity (Wildman–Crippen MR) is 59.8 cm³/mol. The molecule has 3 N–H and O–H groups in total. The van der Waals surface area contributed by atoms with Gasteiger partial charge >= 0.3 is 0 Å². The molecule has 0 aliphatic carbocycles. The van der Waals surface area contributed by atoms with Crippen molar-refractivity contribution in [1.29, 1.82) is 0 Å². The molecule has 0 aromatic heterocycles. The van der Waals surface area contributed by atoms with E-state index in [2.05, 4.69) is 5.32 Å². The number of methoxy groups -OCH3 is 2. The molecular formula is C10H21N3O3. The van der Waals surface area contributed by atoms with E-state index in [0.717, 1.165) is 26.2 Å². The van der Waals surface area contributed by atoms with Crippen LogP contribution >= 0.6 is 0 Å². The van der Waals surface area contributed by atoms with Gasteiger partial charge in [0.25, 0.3) is 0 Å². The number of amides is 1. The van der Waals surface area contributed by atoms with E-state index in [1.807, 2.05) is 4.90 Å². The predicted octanol–water partition coefficient (Wildman–Crippen LogP) is -1.25. The van der Waals surface area contributed by atoms with Crippen LogP contribution in [0.4, 0.5) is 0 Å². The quantitative estimate of drug-likeness (QED) is 0.578. The number of rotatable bonds is 5. The minimum Gasteiger partial charge on any atom is -0.368 e. The summed E-state index contributed by atoms with van der Waals surface area (Å²) >= 11 is 0. The lowest BCUT2D eigenvalue weighted by Gasteiger charge is -2.44. The second kappa shape index (κ2) is 5.58. The summed E-state index contributed by atoms with van der Waals surface area (Å²) in [6.45, 7) is 4.94. The smallest absolute Gasteiger partial charge is 0.242 e. The van der Waals surface area contributed by atoms with Gasteiger partial charge in [-0.15, -0.1) is 0 Å². The summed E-state index contributed by atoms with van der Waals surface area (Å²) in [5.41, 5.74) is 4.57. The lowest BCUT2D eigenvalue weighted by Crippen LogP contribution is -2.66. The van der Waals surface area contributed by atoms with E-state index in [1.165, 1.54) is 14.2 Å². The van der Waals surface area contributed by atoms with Gasteiger partial charge in [-0.25, -0.2) is 0 Å². The zero-order valence-corrected chi connectivity index (χ0v) is 10.2. The van der Waals surface area contributed by atoms with Crippen molar-refractivity contribution in [3.8, 4) is 0 Å². The van der Waals surface area contributed by atoms with Gasteiger partial charge in [0, 0.05) is 40.4 Å². The number of hydrogen-bond acceptors (Lipinski definition) is 5. The van der Waals surface area contributed by atoms with E-state index in [1.54, 1.807) is 6.92 Å². The fraction of sp³-hybridized carbons (Fsp3) is 0.900. The van der Waals surface area contributed by atoms with Crippen molar-refractivity contribution in [1.82, 2.24) is 10.2 Å². The first-order valence-electron chi connectivity index (χ1n) is 5.38. The molecule has 0 aromatic rings. The molecule has 1 aliphatic rings. The Labute approximate surface area is 96.1 Å². The Bertz CT molecular complexity index is 239. The van der Waals surface area contributed by atoms with Crippen molar-refractivity contribution in [3.05, 3.63) is 0 Å². The van der Waals surface area contributed by atoms with Crippen molar-refractivity contribution in [2.24, 2.45) is 5.73 Å². The molecule has 1 atom stereocenters. The van der Waals surface area contributed by atoms with Crippen molar-refractivity contribution >= 4 is 5.91 Å². The van der Waals surface area contributed by atoms with Crippen LogP contribution in [0.1, 0.15) is 6.92 Å². The Balaban J connectivity index is 2.89. The van der Waals surface area contributed by atoms with Gasteiger partial charge in [-0.3, -0.25) is 9.69 Å². The van der Waals surface area contributed by atoms with E-state index in [0.29, 0.717) is 0 Å². The zero-order valence-electron chi connectivity index (χ0n) is 10.2. The molecule has 0 bridgehead atoms. The molecule has 0 radical (unpaired) electrons. The molecule has 1 heterocycles. The van der Waals surface area contributed by atoms with Crippen LogP contribution in [0.5, 0.6) is 0 Å². The van der Waals surface area contributed by atoms with Gasteiger partial charge in [-0.2, -0.15) is 0 Å². The molecule has 94 valence electrons. The summed E-state index contributed by atoms with van der Waals surface area (Å²) in [6.07, 6.45) is -0.650. The summed E-state index contributed by atoms with van der Waals surface area (Å²) in [6, 6.07) is 0. The normalized spacial score (nSPS) is 22.0. The molecule has 1 fully saturated rings. The number of ether oxygens (including phenoxy) is 2. The first-order valence-corrected chi connectivity index (χ1v) is 5.38. The number of carbonyl (C=O) groups excluding carboxylic acids is 1. The van der Waals surface area contributed by atoms with Crippen molar-refractivity contribution in [3.63, 3.8) is 0 Å². The summed E-state index contributed by atoms with van der Waals surface area (Å²) in [4.78, 5) is 13.7. The molecule has 1 aliphatic heterocycles. The Morgan fingerprint density at radius 3 is 2.25 bits per heavy atom. The number of nitrogens with zero attached hydrogens (tertiary/aromatic N) is 1. The molecule has 6 nitrogen and oxygen atoms in total. The van der Waals surface area contributed by atoms with Crippen LogP contribution in [0.2, 0.25) is 0 Å². The second-order valence-electron chi connectivity index (χ2n) is 4.05. The molecule has 16 heavy (non-hydrogen) atoms. The fourth-order valence-electron chi connectivity index (χ4n) is 2.11. The largest absolute Gasteiger partial charge is 0.368 e. The van der Waals surface area contributed by atoms with Crippen LogP contribution < -0.4 is 11.1 Å². The highest BCUT2D eigenvalue weighted by Gasteiger charge is 2.46. The molecule has 1 rings (SSSR count). The average Bonchev–Trinajstić information content (AvgIpc) is 2.31. The highest BCUT2D eigenvalue weighted by molar-refractivity contribution is 5.84. The SMILES string of the molecule is COC(OC)C(C)(C(N)=O)N1CCNCC1. The van der Waals surface area contributed by atoms with E-state index >= 15 is 0 Å². The zero-order chi connectivity index (χ0) is 12.2. The minimum absolute atomic E-state index is 0.428. The maximum absolute atomic E-state index is 11.7. The van der Waals surface area contributed by atoms with Gasteiger partial charge in [-0.1, -0.05) is 0 Å². The van der Waals surface area contributed by atoms with Gasteiger partial charge in [-0.05, 0) is 6.92 Å². The van der Waals surface area contributed by atoms with Crippen LogP contribution in [-0.4, -0.2) is 63.0 Å². The summed E-state index contributed by atoms with van der Waals surface area (Å²) in [5.74, 6) is -0.428. The Morgan fingerprint density at radius 1 is 1.38 bits per heavy atom. The van der Waals surface area contributed by atoms with Crippen molar-refractivity contribution in [2.45, 2.75) is 18.8 Å². The van der Waals surface area contributed by atoms with Gasteiger partial charge in [0.15, 0.2) is 6.29 Å². The lowest BCUT2D eigenvalue weighted by atomic mass is 9.97. The fourth-order valence-corrected chi connectivity index (χ4v) is 2.11. The molecule has 1 unspecified atom stereocenters. The van der Waals surface area contributed by atoms with Crippen LogP contribution in [0.15, 0.2) is 0 Å². The van der Waals surface area contributed by atoms with Crippen LogP contribution in [0, 0.1) is 0 Å². The third-order valence-electron chi connectivity index (χ3n) is 3.16. The lowest BCUT2D eigenvalue weighted by molar-refractivity contribution is -0.190. The molecule has 1 saturated heterocycles. The molecule has 6 heteroatoms. The van der Waals surface area contributed by atoms with Gasteiger partial charge < -0.3 is 20.5 Å². The van der Waals surface area contributed by atoms with E-state index in [-0.39, 0.29) is 0 Å². The van der Waals surface area contributed by atoms with Crippen LogP contribution in [0.25, 0.3) is 0 Å². The number of hydrogen-bond donors (Lipinski definition) is 2. The second-order valence-corrected chi connectivity index (χ2v) is 4.05. The highest BCUT2D eigenvalue weighted by atomic mass is 16.7. The van der Waals surface area contributed by atoms with Crippen LogP contribution in [0.3, 0.4) is 0 Å².